The Bertz CT molecular complexity index is 1200. The predicted molar refractivity (Wildman–Crippen MR) is 141 cm³/mol. The molecular weight excluding hydrogens is 508 g/mol. The Morgan fingerprint density at radius 3 is 2.46 bits per heavy atom. The largest absolute Gasteiger partial charge is 0.492 e. The van der Waals surface area contributed by atoms with E-state index in [4.69, 9.17) is 16.3 Å². The van der Waals surface area contributed by atoms with Crippen molar-refractivity contribution < 1.29 is 17.9 Å². The van der Waals surface area contributed by atoms with E-state index in [1.54, 1.807) is 0 Å². The fourth-order valence-electron chi connectivity index (χ4n) is 4.42. The van der Waals surface area contributed by atoms with Gasteiger partial charge in [0.15, 0.2) is 15.0 Å². The average Bonchev–Trinajstić information content (AvgIpc) is 3.33. The zero-order valence-corrected chi connectivity index (χ0v) is 21.5. The fourth-order valence-corrected chi connectivity index (χ4v) is 8.22. The summed E-state index contributed by atoms with van der Waals surface area (Å²) in [4.78, 5) is 21.7. The molecule has 2 fully saturated rings. The molecule has 0 saturated carbocycles. The topological polar surface area (TPSA) is 91.3 Å². The minimum Gasteiger partial charge on any atom is -0.492 e. The van der Waals surface area contributed by atoms with E-state index in [1.807, 2.05) is 53.4 Å². The molecule has 35 heavy (non-hydrogen) atoms. The van der Waals surface area contributed by atoms with Gasteiger partial charge in [0, 0.05) is 54.2 Å². The maximum absolute atomic E-state index is 12.9. The van der Waals surface area contributed by atoms with E-state index in [9.17, 15) is 13.2 Å². The normalized spacial score (nSPS) is 23.6. The lowest BCUT2D eigenvalue weighted by Crippen LogP contribution is -2.49. The lowest BCUT2D eigenvalue weighted by Gasteiger charge is -2.34. The van der Waals surface area contributed by atoms with Gasteiger partial charge in [0.05, 0.1) is 17.5 Å². The van der Waals surface area contributed by atoms with E-state index < -0.39 is 9.84 Å². The molecular formula is C24H27ClN4O4S2. The van der Waals surface area contributed by atoms with E-state index in [0.29, 0.717) is 30.3 Å². The van der Waals surface area contributed by atoms with Gasteiger partial charge in [-0.25, -0.2) is 8.42 Å². The number of ether oxygens (including phenoxy) is 1. The number of amidine groups is 1. The number of amides is 1. The minimum absolute atomic E-state index is 0.00557. The van der Waals surface area contributed by atoms with Crippen LogP contribution in [0.5, 0.6) is 5.75 Å². The lowest BCUT2D eigenvalue weighted by molar-refractivity contribution is 0.0620. The molecule has 0 aromatic heterocycles. The van der Waals surface area contributed by atoms with Gasteiger partial charge in [0.1, 0.15) is 12.4 Å². The van der Waals surface area contributed by atoms with Gasteiger partial charge in [-0.3, -0.25) is 14.7 Å². The summed E-state index contributed by atoms with van der Waals surface area (Å²) in [5.41, 5.74) is 1.49. The molecule has 11 heteroatoms. The minimum atomic E-state index is -2.96. The Hall–Kier alpha value is -2.27. The summed E-state index contributed by atoms with van der Waals surface area (Å²) >= 11 is 7.38. The number of benzene rings is 2. The summed E-state index contributed by atoms with van der Waals surface area (Å²) in [6.45, 7) is 4.37. The van der Waals surface area contributed by atoms with E-state index in [-0.39, 0.29) is 28.7 Å². The average molecular weight is 535 g/mol. The van der Waals surface area contributed by atoms with Crippen molar-refractivity contribution in [1.29, 1.82) is 0 Å². The number of nitrogens with one attached hydrogen (secondary N) is 1. The number of rotatable bonds is 6. The van der Waals surface area contributed by atoms with Gasteiger partial charge in [-0.1, -0.05) is 23.4 Å². The summed E-state index contributed by atoms with van der Waals surface area (Å²) in [5, 5.41) is 4.68. The number of nitrogens with zero attached hydrogens (tertiary/aromatic N) is 3. The number of piperazine rings is 1. The molecule has 8 nitrogen and oxygen atoms in total. The molecule has 2 aromatic carbocycles. The third-order valence-corrected chi connectivity index (χ3v) is 9.74. The molecule has 0 spiro atoms. The van der Waals surface area contributed by atoms with Gasteiger partial charge in [-0.05, 0) is 48.5 Å². The molecule has 5 rings (SSSR count). The van der Waals surface area contributed by atoms with Gasteiger partial charge in [-0.2, -0.15) is 0 Å². The first kappa shape index (κ1) is 24.4. The Kier molecular flexibility index (Phi) is 7.24. The first-order valence-electron chi connectivity index (χ1n) is 11.6. The van der Waals surface area contributed by atoms with Crippen LogP contribution in [0.3, 0.4) is 0 Å². The van der Waals surface area contributed by atoms with E-state index >= 15 is 0 Å². The van der Waals surface area contributed by atoms with Crippen LogP contribution in [0.1, 0.15) is 10.4 Å². The number of aliphatic imine (C=N–C) groups is 1. The molecule has 2 atom stereocenters. The Balaban J connectivity index is 1.06. The highest BCUT2D eigenvalue weighted by Crippen LogP contribution is 2.34. The number of sulfone groups is 1. The number of carbonyl (C=O) groups is 1. The molecule has 0 aliphatic carbocycles. The van der Waals surface area contributed by atoms with Crippen LogP contribution in [0, 0.1) is 0 Å². The second kappa shape index (κ2) is 10.4. The van der Waals surface area contributed by atoms with Crippen LogP contribution in [-0.2, 0) is 9.84 Å². The third kappa shape index (κ3) is 6.11. The zero-order chi connectivity index (χ0) is 24.4. The second-order valence-electron chi connectivity index (χ2n) is 8.87. The van der Waals surface area contributed by atoms with Crippen molar-refractivity contribution in [3.8, 4) is 5.75 Å². The molecule has 0 bridgehead atoms. The smallest absolute Gasteiger partial charge is 0.253 e. The SMILES string of the molecule is O=C(c1ccc(NC2=NC3CS(=O)(=O)CC3S2)cc1)N1CCN(CCOc2ccc(Cl)cc2)CC1. The molecule has 3 aliphatic heterocycles. The molecule has 3 aliphatic rings. The predicted octanol–water partition coefficient (Wildman–Crippen LogP) is 2.86. The number of anilines is 1. The number of fused-ring (bicyclic) bond motifs is 1. The van der Waals surface area contributed by atoms with Crippen molar-refractivity contribution in [1.82, 2.24) is 9.80 Å². The maximum Gasteiger partial charge on any atom is 0.253 e. The molecule has 0 radical (unpaired) electrons. The van der Waals surface area contributed by atoms with Crippen LogP contribution in [0.25, 0.3) is 0 Å². The number of hydrogen-bond acceptors (Lipinski definition) is 8. The van der Waals surface area contributed by atoms with Crippen molar-refractivity contribution in [3.63, 3.8) is 0 Å². The molecule has 186 valence electrons. The van der Waals surface area contributed by atoms with Crippen LogP contribution < -0.4 is 10.1 Å². The van der Waals surface area contributed by atoms with Gasteiger partial charge in [0.25, 0.3) is 5.91 Å². The maximum atomic E-state index is 12.9. The molecule has 2 aromatic rings. The highest BCUT2D eigenvalue weighted by atomic mass is 35.5. The number of hydrogen-bond donors (Lipinski definition) is 1. The summed E-state index contributed by atoms with van der Waals surface area (Å²) in [6, 6.07) is 14.6. The lowest BCUT2D eigenvalue weighted by atomic mass is 10.1. The molecule has 1 amide bonds. The summed E-state index contributed by atoms with van der Waals surface area (Å²) in [6.07, 6.45) is 0. The highest BCUT2D eigenvalue weighted by Gasteiger charge is 2.42. The highest BCUT2D eigenvalue weighted by molar-refractivity contribution is 8.15. The summed E-state index contributed by atoms with van der Waals surface area (Å²) in [5.74, 6) is 1.15. The third-order valence-electron chi connectivity index (χ3n) is 6.35. The van der Waals surface area contributed by atoms with Gasteiger partial charge < -0.3 is 15.0 Å². The Morgan fingerprint density at radius 1 is 1.06 bits per heavy atom. The van der Waals surface area contributed by atoms with Crippen molar-refractivity contribution in [2.24, 2.45) is 4.99 Å². The van der Waals surface area contributed by atoms with Crippen LogP contribution in [0.2, 0.25) is 5.02 Å². The molecule has 2 saturated heterocycles. The molecule has 1 N–H and O–H groups in total. The second-order valence-corrected chi connectivity index (χ2v) is 12.7. The van der Waals surface area contributed by atoms with Gasteiger partial charge in [0.2, 0.25) is 0 Å². The quantitative estimate of drug-likeness (QED) is 0.609. The number of halogens is 1. The van der Waals surface area contributed by atoms with Crippen LogP contribution in [0.15, 0.2) is 53.5 Å². The van der Waals surface area contributed by atoms with Crippen molar-refractivity contribution >= 4 is 50.0 Å². The Labute approximate surface area is 214 Å². The standard InChI is InChI=1S/C24H27ClN4O4S2/c25-18-3-7-20(8-4-18)33-14-13-28-9-11-29(12-10-28)23(30)17-1-5-19(6-2-17)26-24-27-21-15-35(31,32)16-22(21)34-24/h1-8,21-22H,9-16H2,(H,26,27). The van der Waals surface area contributed by atoms with Gasteiger partial charge in [-0.15, -0.1) is 0 Å². The van der Waals surface area contributed by atoms with Crippen molar-refractivity contribution in [3.05, 3.63) is 59.1 Å². The summed E-state index contributed by atoms with van der Waals surface area (Å²) in [7, 11) is -2.96. The van der Waals surface area contributed by atoms with E-state index in [0.717, 1.165) is 36.2 Å². The first-order chi connectivity index (χ1) is 16.8. The van der Waals surface area contributed by atoms with E-state index in [1.165, 1.54) is 11.8 Å². The number of carbonyl (C=O) groups excluding carboxylic acids is 1. The van der Waals surface area contributed by atoms with Gasteiger partial charge >= 0.3 is 0 Å². The van der Waals surface area contributed by atoms with Crippen LogP contribution >= 0.6 is 23.4 Å². The fraction of sp³-hybridized carbons (Fsp3) is 0.417. The Morgan fingerprint density at radius 2 is 1.77 bits per heavy atom. The molecule has 2 unspecified atom stereocenters. The van der Waals surface area contributed by atoms with Crippen molar-refractivity contribution in [2.45, 2.75) is 11.3 Å². The zero-order valence-electron chi connectivity index (χ0n) is 19.1. The molecule has 3 heterocycles. The van der Waals surface area contributed by atoms with Crippen LogP contribution in [0.4, 0.5) is 5.69 Å². The first-order valence-corrected chi connectivity index (χ1v) is 14.6. The van der Waals surface area contributed by atoms with E-state index in [2.05, 4.69) is 15.2 Å². The van der Waals surface area contributed by atoms with Crippen LogP contribution in [-0.4, -0.2) is 91.4 Å². The van der Waals surface area contributed by atoms with Crippen molar-refractivity contribution in [2.75, 3.05) is 56.2 Å². The summed E-state index contributed by atoms with van der Waals surface area (Å²) < 4.78 is 29.2. The number of thioether (sulfide) groups is 1. The monoisotopic (exact) mass is 534 g/mol.